The first-order valence-electron chi connectivity index (χ1n) is 6.19. The van der Waals surface area contributed by atoms with E-state index in [9.17, 15) is 4.79 Å². The Bertz CT molecular complexity index is 664. The molecule has 110 valence electrons. The summed E-state index contributed by atoms with van der Waals surface area (Å²) in [5, 5.41) is 18.3. The lowest BCUT2D eigenvalue weighted by molar-refractivity contribution is 0.101. The van der Waals surface area contributed by atoms with E-state index in [4.69, 9.17) is 14.5 Å². The number of carbonyl (C=O) groups is 1. The number of hydrogen-bond donors (Lipinski definition) is 2. The van der Waals surface area contributed by atoms with Crippen molar-refractivity contribution in [2.24, 2.45) is 5.16 Å². The first-order chi connectivity index (χ1) is 10.1. The Kier molecular flexibility index (Phi) is 4.68. The molecule has 2 aromatic rings. The van der Waals surface area contributed by atoms with Crippen molar-refractivity contribution in [2.75, 3.05) is 12.4 Å². The molecule has 0 aliphatic heterocycles. The van der Waals surface area contributed by atoms with Gasteiger partial charge in [-0.3, -0.25) is 4.79 Å². The fourth-order valence-corrected chi connectivity index (χ4v) is 1.71. The molecule has 1 aromatic heterocycles. The lowest BCUT2D eigenvalue weighted by atomic mass is 10.1. The summed E-state index contributed by atoms with van der Waals surface area (Å²) < 4.78 is 9.85. The second kappa shape index (κ2) is 6.67. The highest BCUT2D eigenvalue weighted by atomic mass is 16.5. The normalized spacial score (nSPS) is 11.4. The third kappa shape index (κ3) is 3.67. The Balaban J connectivity index is 2.11. The number of oxime groups is 1. The van der Waals surface area contributed by atoms with Crippen LogP contribution in [-0.2, 0) is 11.3 Å². The molecule has 0 saturated carbocycles. The fourth-order valence-electron chi connectivity index (χ4n) is 1.71. The van der Waals surface area contributed by atoms with Gasteiger partial charge in [0.15, 0.2) is 11.5 Å². The molecular formula is C14H15N3O4. The van der Waals surface area contributed by atoms with Crippen LogP contribution in [0.3, 0.4) is 0 Å². The highest BCUT2D eigenvalue weighted by molar-refractivity contribution is 6.04. The molecule has 2 rings (SSSR count). The second-order valence-corrected chi connectivity index (χ2v) is 4.33. The van der Waals surface area contributed by atoms with Crippen molar-refractivity contribution in [3.63, 3.8) is 0 Å². The van der Waals surface area contributed by atoms with E-state index in [1.54, 1.807) is 31.2 Å². The van der Waals surface area contributed by atoms with Gasteiger partial charge in [0.25, 0.3) is 5.91 Å². The monoisotopic (exact) mass is 289 g/mol. The SMILES string of the molecule is COCc1cc(C(=O)Nc2cccc(C(C)=NO)c2)no1. The minimum absolute atomic E-state index is 0.167. The molecule has 0 fully saturated rings. The quantitative estimate of drug-likeness (QED) is 0.500. The second-order valence-electron chi connectivity index (χ2n) is 4.33. The van der Waals surface area contributed by atoms with Crippen molar-refractivity contribution in [1.82, 2.24) is 5.16 Å². The van der Waals surface area contributed by atoms with E-state index in [1.807, 2.05) is 0 Å². The van der Waals surface area contributed by atoms with Gasteiger partial charge in [-0.15, -0.1) is 0 Å². The van der Waals surface area contributed by atoms with E-state index in [0.717, 1.165) is 0 Å². The Labute approximate surface area is 121 Å². The van der Waals surface area contributed by atoms with Crippen LogP contribution in [0.1, 0.15) is 28.7 Å². The summed E-state index contributed by atoms with van der Waals surface area (Å²) in [6, 6.07) is 8.46. The molecule has 7 nitrogen and oxygen atoms in total. The van der Waals surface area contributed by atoms with Crippen LogP contribution in [-0.4, -0.2) is 29.1 Å². The molecular weight excluding hydrogens is 274 g/mol. The summed E-state index contributed by atoms with van der Waals surface area (Å²) in [6.07, 6.45) is 0. The van der Waals surface area contributed by atoms with E-state index < -0.39 is 5.91 Å². The van der Waals surface area contributed by atoms with E-state index in [2.05, 4.69) is 15.6 Å². The minimum Gasteiger partial charge on any atom is -0.411 e. The van der Waals surface area contributed by atoms with Gasteiger partial charge >= 0.3 is 0 Å². The van der Waals surface area contributed by atoms with Gasteiger partial charge in [0.1, 0.15) is 6.61 Å². The molecule has 1 aromatic carbocycles. The lowest BCUT2D eigenvalue weighted by Crippen LogP contribution is -2.12. The number of methoxy groups -OCH3 is 1. The summed E-state index contributed by atoms with van der Waals surface area (Å²) in [5.74, 6) is 0.0801. The van der Waals surface area contributed by atoms with Gasteiger partial charge in [-0.25, -0.2) is 0 Å². The maximum atomic E-state index is 12.0. The summed E-state index contributed by atoms with van der Waals surface area (Å²) in [6.45, 7) is 1.91. The molecule has 0 bridgehead atoms. The molecule has 0 aliphatic carbocycles. The zero-order valence-electron chi connectivity index (χ0n) is 11.7. The van der Waals surface area contributed by atoms with Crippen molar-refractivity contribution in [3.8, 4) is 0 Å². The van der Waals surface area contributed by atoms with Crippen LogP contribution >= 0.6 is 0 Å². The van der Waals surface area contributed by atoms with Crippen LogP contribution < -0.4 is 5.32 Å². The maximum absolute atomic E-state index is 12.0. The summed E-state index contributed by atoms with van der Waals surface area (Å²) in [5.41, 5.74) is 1.89. The predicted molar refractivity (Wildman–Crippen MR) is 75.6 cm³/mol. The van der Waals surface area contributed by atoms with E-state index >= 15 is 0 Å². The van der Waals surface area contributed by atoms with Gasteiger partial charge in [0.2, 0.25) is 0 Å². The lowest BCUT2D eigenvalue weighted by Gasteiger charge is -2.05. The zero-order valence-corrected chi connectivity index (χ0v) is 11.7. The van der Waals surface area contributed by atoms with Crippen molar-refractivity contribution < 1.29 is 19.3 Å². The molecule has 1 heterocycles. The molecule has 0 spiro atoms. The molecule has 0 saturated heterocycles. The topological polar surface area (TPSA) is 97.0 Å². The van der Waals surface area contributed by atoms with Crippen molar-refractivity contribution in [3.05, 3.63) is 47.3 Å². The average molecular weight is 289 g/mol. The zero-order chi connectivity index (χ0) is 15.2. The van der Waals surface area contributed by atoms with Crippen molar-refractivity contribution >= 4 is 17.3 Å². The number of carbonyl (C=O) groups excluding carboxylic acids is 1. The van der Waals surface area contributed by atoms with Gasteiger partial charge in [-0.1, -0.05) is 22.4 Å². The molecule has 1 amide bonds. The van der Waals surface area contributed by atoms with Crippen LogP contribution in [0, 0.1) is 0 Å². The highest BCUT2D eigenvalue weighted by Crippen LogP contribution is 2.13. The highest BCUT2D eigenvalue weighted by Gasteiger charge is 2.13. The van der Waals surface area contributed by atoms with Crippen LogP contribution in [0.2, 0.25) is 0 Å². The maximum Gasteiger partial charge on any atom is 0.277 e. The smallest absolute Gasteiger partial charge is 0.277 e. The first kappa shape index (κ1) is 14.7. The largest absolute Gasteiger partial charge is 0.411 e. The third-order valence-corrected chi connectivity index (χ3v) is 2.77. The number of rotatable bonds is 5. The van der Waals surface area contributed by atoms with E-state index in [-0.39, 0.29) is 12.3 Å². The number of aromatic nitrogens is 1. The van der Waals surface area contributed by atoms with Crippen molar-refractivity contribution in [1.29, 1.82) is 0 Å². The third-order valence-electron chi connectivity index (χ3n) is 2.77. The van der Waals surface area contributed by atoms with Gasteiger partial charge < -0.3 is 19.8 Å². The van der Waals surface area contributed by atoms with Crippen LogP contribution in [0.15, 0.2) is 40.0 Å². The van der Waals surface area contributed by atoms with Gasteiger partial charge in [0.05, 0.1) is 5.71 Å². The number of benzene rings is 1. The number of hydrogen-bond acceptors (Lipinski definition) is 6. The molecule has 2 N–H and O–H groups in total. The molecule has 21 heavy (non-hydrogen) atoms. The summed E-state index contributed by atoms with van der Waals surface area (Å²) in [4.78, 5) is 12.0. The summed E-state index contributed by atoms with van der Waals surface area (Å²) in [7, 11) is 1.53. The molecule has 0 radical (unpaired) electrons. The molecule has 7 heteroatoms. The average Bonchev–Trinajstić information content (AvgIpc) is 2.96. The first-order valence-corrected chi connectivity index (χ1v) is 6.19. The van der Waals surface area contributed by atoms with E-state index in [1.165, 1.54) is 13.2 Å². The van der Waals surface area contributed by atoms with Crippen molar-refractivity contribution in [2.45, 2.75) is 13.5 Å². The number of amides is 1. The Hall–Kier alpha value is -2.67. The molecule has 0 aliphatic rings. The number of anilines is 1. The Morgan fingerprint density at radius 3 is 3.00 bits per heavy atom. The Morgan fingerprint density at radius 2 is 2.29 bits per heavy atom. The fraction of sp³-hybridized carbons (Fsp3) is 0.214. The molecule has 0 atom stereocenters. The predicted octanol–water partition coefficient (Wildman–Crippen LogP) is 2.27. The van der Waals surface area contributed by atoms with Crippen LogP contribution in [0.5, 0.6) is 0 Å². The van der Waals surface area contributed by atoms with E-state index in [0.29, 0.717) is 22.7 Å². The summed E-state index contributed by atoms with van der Waals surface area (Å²) >= 11 is 0. The van der Waals surface area contributed by atoms with Gasteiger partial charge in [0, 0.05) is 24.4 Å². The molecule has 0 unspecified atom stereocenters. The number of ether oxygens (including phenoxy) is 1. The van der Waals surface area contributed by atoms with Gasteiger partial charge in [-0.05, 0) is 19.1 Å². The van der Waals surface area contributed by atoms with Crippen LogP contribution in [0.25, 0.3) is 0 Å². The van der Waals surface area contributed by atoms with Crippen LogP contribution in [0.4, 0.5) is 5.69 Å². The minimum atomic E-state index is -0.392. The Morgan fingerprint density at radius 1 is 1.48 bits per heavy atom. The number of nitrogens with zero attached hydrogens (tertiary/aromatic N) is 2. The van der Waals surface area contributed by atoms with Gasteiger partial charge in [-0.2, -0.15) is 0 Å². The number of nitrogens with one attached hydrogen (secondary N) is 1. The standard InChI is InChI=1S/C14H15N3O4/c1-9(16-19)10-4-3-5-11(6-10)15-14(18)13-7-12(8-20-2)21-17-13/h3-7,19H,8H2,1-2H3,(H,15,18).